The van der Waals surface area contributed by atoms with E-state index < -0.39 is 0 Å². The molecule has 1 amide bonds. The predicted molar refractivity (Wildman–Crippen MR) is 92.3 cm³/mol. The maximum absolute atomic E-state index is 12.3. The zero-order chi connectivity index (χ0) is 17.6. The van der Waals surface area contributed by atoms with Gasteiger partial charge in [-0.3, -0.25) is 19.5 Å². The lowest BCUT2D eigenvalue weighted by atomic mass is 10.2. The summed E-state index contributed by atoms with van der Waals surface area (Å²) in [6.45, 7) is 1.99. The Bertz CT molecular complexity index is 1170. The van der Waals surface area contributed by atoms with Crippen LogP contribution in [0, 0.1) is 6.92 Å². The van der Waals surface area contributed by atoms with Crippen molar-refractivity contribution in [3.8, 4) is 0 Å². The van der Waals surface area contributed by atoms with Crippen LogP contribution in [0.5, 0.6) is 0 Å². The van der Waals surface area contributed by atoms with Crippen molar-refractivity contribution in [1.29, 1.82) is 0 Å². The zero-order valence-corrected chi connectivity index (χ0v) is 13.7. The van der Waals surface area contributed by atoms with Crippen LogP contribution < -0.4 is 10.9 Å². The van der Waals surface area contributed by atoms with E-state index in [0.717, 1.165) is 5.56 Å². The summed E-state index contributed by atoms with van der Waals surface area (Å²) in [4.78, 5) is 32.4. The van der Waals surface area contributed by atoms with Crippen LogP contribution in [-0.4, -0.2) is 25.0 Å². The molecule has 126 valence electrons. The van der Waals surface area contributed by atoms with Gasteiger partial charge in [0, 0.05) is 13.1 Å². The Hall–Kier alpha value is -3.42. The van der Waals surface area contributed by atoms with Gasteiger partial charge in [-0.1, -0.05) is 6.07 Å². The third-order valence-corrected chi connectivity index (χ3v) is 3.99. The van der Waals surface area contributed by atoms with Crippen molar-refractivity contribution in [2.75, 3.05) is 5.32 Å². The lowest BCUT2D eigenvalue weighted by molar-refractivity contribution is -0.116. The molecule has 3 heterocycles. The number of aromatic nitrogens is 4. The smallest absolute Gasteiger partial charge is 0.302 e. The Morgan fingerprint density at radius 1 is 1.28 bits per heavy atom. The molecular weight excluding hydrogens is 322 g/mol. The fourth-order valence-corrected chi connectivity index (χ4v) is 2.70. The maximum Gasteiger partial charge on any atom is 0.302 e. The van der Waals surface area contributed by atoms with Crippen molar-refractivity contribution >= 4 is 34.2 Å². The molecule has 0 aliphatic heterocycles. The van der Waals surface area contributed by atoms with Gasteiger partial charge in [0.2, 0.25) is 5.91 Å². The fourth-order valence-electron chi connectivity index (χ4n) is 2.70. The average molecular weight is 337 g/mol. The fraction of sp³-hybridized carbons (Fsp3) is 0.176. The van der Waals surface area contributed by atoms with Crippen molar-refractivity contribution in [2.24, 2.45) is 7.05 Å². The van der Waals surface area contributed by atoms with Gasteiger partial charge in [-0.05, 0) is 30.7 Å². The summed E-state index contributed by atoms with van der Waals surface area (Å²) >= 11 is 0. The predicted octanol–water partition coefficient (Wildman–Crippen LogP) is 1.82. The van der Waals surface area contributed by atoms with Crippen molar-refractivity contribution in [3.05, 3.63) is 52.6 Å². The number of hydrogen-bond donors (Lipinski definition) is 1. The van der Waals surface area contributed by atoms with Gasteiger partial charge in [-0.25, -0.2) is 4.98 Å². The molecule has 0 saturated heterocycles. The first-order chi connectivity index (χ1) is 12.0. The van der Waals surface area contributed by atoms with E-state index in [9.17, 15) is 9.59 Å². The minimum absolute atomic E-state index is 0.0342. The topological polar surface area (TPSA) is 95.0 Å². The molecule has 0 saturated carbocycles. The van der Waals surface area contributed by atoms with E-state index in [1.807, 2.05) is 25.1 Å². The molecule has 4 rings (SSSR count). The molecule has 4 aromatic rings. The van der Waals surface area contributed by atoms with Crippen LogP contribution in [0.25, 0.3) is 22.3 Å². The van der Waals surface area contributed by atoms with Gasteiger partial charge >= 0.3 is 6.01 Å². The number of fused-ring (bicyclic) bond motifs is 2. The molecular formula is C17H15N5O3. The first-order valence-corrected chi connectivity index (χ1v) is 7.69. The average Bonchev–Trinajstić information content (AvgIpc) is 3.14. The Balaban J connectivity index is 1.57. The molecule has 0 fully saturated rings. The summed E-state index contributed by atoms with van der Waals surface area (Å²) in [5, 5.41) is 2.65. The molecule has 25 heavy (non-hydrogen) atoms. The number of amides is 1. The lowest BCUT2D eigenvalue weighted by Crippen LogP contribution is -2.19. The van der Waals surface area contributed by atoms with Crippen LogP contribution >= 0.6 is 0 Å². The van der Waals surface area contributed by atoms with E-state index in [1.165, 1.54) is 17.0 Å². The molecule has 1 N–H and O–H groups in total. The monoisotopic (exact) mass is 337 g/mol. The number of oxazole rings is 1. The first kappa shape index (κ1) is 15.1. The van der Waals surface area contributed by atoms with E-state index in [2.05, 4.69) is 15.3 Å². The number of pyridine rings is 1. The number of nitrogens with zero attached hydrogens (tertiary/aromatic N) is 4. The van der Waals surface area contributed by atoms with E-state index in [1.54, 1.807) is 17.7 Å². The standard InChI is InChI=1S/C17H15N5O3/c1-10-3-4-11-13(7-10)25-17(19-11)20-14(23)8-22-9-18-16-12(22)5-6-15(24)21(16)2/h3-7,9H,8H2,1-2H3,(H,19,20,23). The summed E-state index contributed by atoms with van der Waals surface area (Å²) in [5.41, 5.74) is 3.44. The molecule has 0 spiro atoms. The van der Waals surface area contributed by atoms with Gasteiger partial charge < -0.3 is 8.98 Å². The second kappa shape index (κ2) is 5.59. The highest BCUT2D eigenvalue weighted by Crippen LogP contribution is 2.20. The Kier molecular flexibility index (Phi) is 3.38. The van der Waals surface area contributed by atoms with Crippen LogP contribution in [-0.2, 0) is 18.4 Å². The summed E-state index contributed by atoms with van der Waals surface area (Å²) in [6.07, 6.45) is 1.53. The first-order valence-electron chi connectivity index (χ1n) is 7.69. The molecule has 8 nitrogen and oxygen atoms in total. The molecule has 8 heteroatoms. The van der Waals surface area contributed by atoms with Crippen molar-refractivity contribution < 1.29 is 9.21 Å². The number of rotatable bonds is 3. The molecule has 0 atom stereocenters. The number of nitrogens with one attached hydrogen (secondary N) is 1. The molecule has 0 aliphatic rings. The van der Waals surface area contributed by atoms with E-state index in [-0.39, 0.29) is 24.0 Å². The van der Waals surface area contributed by atoms with Crippen LogP contribution in [0.2, 0.25) is 0 Å². The SMILES string of the molecule is Cc1ccc2nc(NC(=O)Cn3cnc4c3ccc(=O)n4C)oc2c1. The highest BCUT2D eigenvalue weighted by molar-refractivity contribution is 5.90. The number of benzene rings is 1. The number of aryl methyl sites for hydroxylation is 2. The number of hydrogen-bond acceptors (Lipinski definition) is 5. The molecule has 3 aromatic heterocycles. The van der Waals surface area contributed by atoms with E-state index in [4.69, 9.17) is 4.42 Å². The summed E-state index contributed by atoms with van der Waals surface area (Å²) in [7, 11) is 1.64. The second-order valence-corrected chi connectivity index (χ2v) is 5.85. The second-order valence-electron chi connectivity index (χ2n) is 5.85. The quantitative estimate of drug-likeness (QED) is 0.615. The van der Waals surface area contributed by atoms with Crippen LogP contribution in [0.1, 0.15) is 5.56 Å². The highest BCUT2D eigenvalue weighted by Gasteiger charge is 2.13. The minimum atomic E-state index is -0.295. The van der Waals surface area contributed by atoms with E-state index >= 15 is 0 Å². The summed E-state index contributed by atoms with van der Waals surface area (Å²) in [5.74, 6) is -0.295. The molecule has 0 unspecified atom stereocenters. The molecule has 0 radical (unpaired) electrons. The Morgan fingerprint density at radius 3 is 2.96 bits per heavy atom. The van der Waals surface area contributed by atoms with Crippen LogP contribution in [0.4, 0.5) is 6.01 Å². The number of anilines is 1. The van der Waals surface area contributed by atoms with Crippen molar-refractivity contribution in [1.82, 2.24) is 19.1 Å². The van der Waals surface area contributed by atoms with Gasteiger partial charge in [0.1, 0.15) is 12.1 Å². The van der Waals surface area contributed by atoms with Crippen molar-refractivity contribution in [2.45, 2.75) is 13.5 Å². The number of carbonyl (C=O) groups is 1. The molecule has 1 aromatic carbocycles. The Labute approximate surface area is 141 Å². The zero-order valence-electron chi connectivity index (χ0n) is 13.7. The van der Waals surface area contributed by atoms with E-state index in [0.29, 0.717) is 22.3 Å². The lowest BCUT2D eigenvalue weighted by Gasteiger charge is -2.04. The van der Waals surface area contributed by atoms with Crippen LogP contribution in [0.15, 0.2) is 45.9 Å². The largest absolute Gasteiger partial charge is 0.423 e. The third kappa shape index (κ3) is 2.67. The van der Waals surface area contributed by atoms with Gasteiger partial charge in [0.25, 0.3) is 5.56 Å². The van der Waals surface area contributed by atoms with Gasteiger partial charge in [-0.2, -0.15) is 4.98 Å². The normalized spacial score (nSPS) is 11.3. The Morgan fingerprint density at radius 2 is 2.12 bits per heavy atom. The number of carbonyl (C=O) groups excluding carboxylic acids is 1. The van der Waals surface area contributed by atoms with Gasteiger partial charge in [-0.15, -0.1) is 0 Å². The number of imidazole rings is 1. The molecule has 0 bridgehead atoms. The van der Waals surface area contributed by atoms with Crippen LogP contribution in [0.3, 0.4) is 0 Å². The third-order valence-electron chi connectivity index (χ3n) is 3.99. The van der Waals surface area contributed by atoms with Crippen molar-refractivity contribution in [3.63, 3.8) is 0 Å². The summed E-state index contributed by atoms with van der Waals surface area (Å²) in [6, 6.07) is 8.89. The maximum atomic E-state index is 12.3. The van der Waals surface area contributed by atoms with Gasteiger partial charge in [0.05, 0.1) is 11.8 Å². The molecule has 0 aliphatic carbocycles. The minimum Gasteiger partial charge on any atom is -0.423 e. The summed E-state index contributed by atoms with van der Waals surface area (Å²) < 4.78 is 8.65. The van der Waals surface area contributed by atoms with Gasteiger partial charge in [0.15, 0.2) is 11.2 Å². The highest BCUT2D eigenvalue weighted by atomic mass is 16.4.